The largest absolute Gasteiger partial charge is 0.347 e. The van der Waals surface area contributed by atoms with Gasteiger partial charge in [-0.3, -0.25) is 9.59 Å². The van der Waals surface area contributed by atoms with Crippen LogP contribution in [0.1, 0.15) is 20.8 Å². The van der Waals surface area contributed by atoms with Crippen LogP contribution in [0.5, 0.6) is 0 Å². The molecule has 0 atom stereocenters. The van der Waals surface area contributed by atoms with Gasteiger partial charge in [0, 0.05) is 10.4 Å². The summed E-state index contributed by atoms with van der Waals surface area (Å²) in [6.07, 6.45) is 1.39. The van der Waals surface area contributed by atoms with Gasteiger partial charge in [0.25, 0.3) is 11.5 Å². The molecule has 2 heterocycles. The van der Waals surface area contributed by atoms with E-state index in [1.807, 2.05) is 25.1 Å². The number of aromatic nitrogens is 2. The first-order chi connectivity index (χ1) is 10.1. The van der Waals surface area contributed by atoms with E-state index in [1.54, 1.807) is 12.1 Å². The number of aryl methyl sites for hydroxylation is 1. The van der Waals surface area contributed by atoms with E-state index in [2.05, 4.69) is 15.3 Å². The van der Waals surface area contributed by atoms with E-state index >= 15 is 0 Å². The number of thiophene rings is 1. The number of rotatable bonds is 3. The Kier molecular flexibility index (Phi) is 3.53. The van der Waals surface area contributed by atoms with E-state index in [-0.39, 0.29) is 11.5 Å². The molecular formula is C15H13N3O2S. The van der Waals surface area contributed by atoms with Crippen molar-refractivity contribution in [1.29, 1.82) is 0 Å². The molecule has 0 aliphatic rings. The van der Waals surface area contributed by atoms with E-state index in [9.17, 15) is 9.59 Å². The molecule has 21 heavy (non-hydrogen) atoms. The van der Waals surface area contributed by atoms with Gasteiger partial charge in [-0.25, -0.2) is 4.98 Å². The number of carbonyl (C=O) groups is 1. The van der Waals surface area contributed by atoms with Crippen LogP contribution < -0.4 is 10.9 Å². The number of fused-ring (bicyclic) bond motifs is 1. The fourth-order valence-corrected chi connectivity index (χ4v) is 3.03. The predicted molar refractivity (Wildman–Crippen MR) is 82.6 cm³/mol. The molecular weight excluding hydrogens is 286 g/mol. The molecule has 0 unspecified atom stereocenters. The molecule has 6 heteroatoms. The number of amides is 1. The van der Waals surface area contributed by atoms with E-state index < -0.39 is 0 Å². The number of nitrogens with zero attached hydrogens (tertiary/aromatic N) is 1. The van der Waals surface area contributed by atoms with E-state index in [1.165, 1.54) is 17.7 Å². The third-order valence-corrected chi connectivity index (χ3v) is 4.24. The minimum absolute atomic E-state index is 0.118. The summed E-state index contributed by atoms with van der Waals surface area (Å²) in [7, 11) is 0. The van der Waals surface area contributed by atoms with E-state index in [4.69, 9.17) is 0 Å². The lowest BCUT2D eigenvalue weighted by Crippen LogP contribution is -2.23. The normalized spacial score (nSPS) is 10.7. The van der Waals surface area contributed by atoms with Gasteiger partial charge in [0.05, 0.1) is 18.3 Å². The lowest BCUT2D eigenvalue weighted by Gasteiger charge is -2.06. The third kappa shape index (κ3) is 2.71. The van der Waals surface area contributed by atoms with Gasteiger partial charge in [-0.05, 0) is 24.6 Å². The number of benzene rings is 1. The van der Waals surface area contributed by atoms with E-state index in [0.717, 1.165) is 10.4 Å². The number of hydrogen-bond donors (Lipinski definition) is 2. The SMILES string of the molecule is Cc1ccccc1C(=O)NCc1cc2c(=O)[nH]cnc2s1. The fraction of sp³-hybridized carbons (Fsp3) is 0.133. The van der Waals surface area contributed by atoms with Crippen molar-refractivity contribution < 1.29 is 4.79 Å². The average Bonchev–Trinajstić information content (AvgIpc) is 2.90. The molecule has 0 aliphatic carbocycles. The Morgan fingerprint density at radius 1 is 1.38 bits per heavy atom. The van der Waals surface area contributed by atoms with Gasteiger partial charge in [0.15, 0.2) is 0 Å². The minimum atomic E-state index is -0.160. The van der Waals surface area contributed by atoms with Crippen LogP contribution in [0.4, 0.5) is 0 Å². The van der Waals surface area contributed by atoms with Crippen molar-refractivity contribution in [3.63, 3.8) is 0 Å². The molecule has 1 aromatic carbocycles. The lowest BCUT2D eigenvalue weighted by atomic mass is 10.1. The van der Waals surface area contributed by atoms with Gasteiger partial charge in [0.1, 0.15) is 4.83 Å². The molecule has 0 aliphatic heterocycles. The van der Waals surface area contributed by atoms with Crippen LogP contribution in [0.25, 0.3) is 10.2 Å². The zero-order valence-electron chi connectivity index (χ0n) is 11.3. The Hall–Kier alpha value is -2.47. The summed E-state index contributed by atoms with van der Waals surface area (Å²) in [5.41, 5.74) is 1.44. The summed E-state index contributed by atoms with van der Waals surface area (Å²) in [4.78, 5) is 32.0. The Morgan fingerprint density at radius 3 is 2.95 bits per heavy atom. The molecule has 3 rings (SSSR count). The molecule has 2 N–H and O–H groups in total. The highest BCUT2D eigenvalue weighted by atomic mass is 32.1. The van der Waals surface area contributed by atoms with Crippen LogP contribution in [0.3, 0.4) is 0 Å². The molecule has 0 fully saturated rings. The van der Waals surface area contributed by atoms with Crippen LogP contribution >= 0.6 is 11.3 Å². The molecule has 0 saturated carbocycles. The molecule has 1 amide bonds. The van der Waals surface area contributed by atoms with Gasteiger partial charge in [0.2, 0.25) is 0 Å². The topological polar surface area (TPSA) is 74.8 Å². The molecule has 5 nitrogen and oxygen atoms in total. The fourth-order valence-electron chi connectivity index (χ4n) is 2.09. The molecule has 3 aromatic rings. The molecule has 0 radical (unpaired) electrons. The molecule has 0 bridgehead atoms. The van der Waals surface area contributed by atoms with E-state index in [0.29, 0.717) is 22.3 Å². The summed E-state index contributed by atoms with van der Waals surface area (Å²) < 4.78 is 0. The van der Waals surface area contributed by atoms with Crippen LogP contribution in [0.2, 0.25) is 0 Å². The second-order valence-corrected chi connectivity index (χ2v) is 5.78. The van der Waals surface area contributed by atoms with Crippen molar-refractivity contribution in [1.82, 2.24) is 15.3 Å². The predicted octanol–water partition coefficient (Wildman–Crippen LogP) is 2.22. The average molecular weight is 299 g/mol. The highest BCUT2D eigenvalue weighted by molar-refractivity contribution is 7.18. The molecule has 0 saturated heterocycles. The van der Waals surface area contributed by atoms with Crippen molar-refractivity contribution in [2.75, 3.05) is 0 Å². The summed E-state index contributed by atoms with van der Waals surface area (Å²) in [6, 6.07) is 9.20. The molecule has 106 valence electrons. The zero-order valence-corrected chi connectivity index (χ0v) is 12.2. The number of nitrogens with one attached hydrogen (secondary N) is 2. The third-order valence-electron chi connectivity index (χ3n) is 3.20. The van der Waals surface area contributed by atoms with Gasteiger partial charge in [-0.2, -0.15) is 0 Å². The maximum Gasteiger partial charge on any atom is 0.259 e. The first-order valence-corrected chi connectivity index (χ1v) is 7.27. The standard InChI is InChI=1S/C15H13N3O2S/c1-9-4-2-3-5-11(9)13(19)16-7-10-6-12-14(20)17-8-18-15(12)21-10/h2-6,8H,7H2,1H3,(H,16,19)(H,17,18,20). The summed E-state index contributed by atoms with van der Waals surface area (Å²) >= 11 is 1.41. The molecule has 2 aromatic heterocycles. The number of H-pyrrole nitrogens is 1. The minimum Gasteiger partial charge on any atom is -0.347 e. The first-order valence-electron chi connectivity index (χ1n) is 6.45. The van der Waals surface area contributed by atoms with Crippen molar-refractivity contribution in [3.05, 3.63) is 63.0 Å². The van der Waals surface area contributed by atoms with Crippen molar-refractivity contribution >= 4 is 27.5 Å². The van der Waals surface area contributed by atoms with Crippen molar-refractivity contribution in [3.8, 4) is 0 Å². The number of hydrogen-bond acceptors (Lipinski definition) is 4. The number of carbonyl (C=O) groups excluding carboxylic acids is 1. The van der Waals surface area contributed by atoms with Gasteiger partial charge >= 0.3 is 0 Å². The Morgan fingerprint density at radius 2 is 2.19 bits per heavy atom. The van der Waals surface area contributed by atoms with Crippen molar-refractivity contribution in [2.45, 2.75) is 13.5 Å². The second-order valence-electron chi connectivity index (χ2n) is 4.66. The van der Waals surface area contributed by atoms with Gasteiger partial charge in [-0.1, -0.05) is 18.2 Å². The molecule has 0 spiro atoms. The quantitative estimate of drug-likeness (QED) is 0.778. The zero-order chi connectivity index (χ0) is 14.8. The maximum atomic E-state index is 12.1. The summed E-state index contributed by atoms with van der Waals surface area (Å²) in [5.74, 6) is -0.118. The Balaban J connectivity index is 1.78. The maximum absolute atomic E-state index is 12.1. The van der Waals surface area contributed by atoms with Crippen LogP contribution in [-0.4, -0.2) is 15.9 Å². The van der Waals surface area contributed by atoms with Crippen LogP contribution in [0.15, 0.2) is 41.5 Å². The first kappa shape index (κ1) is 13.5. The number of aromatic amines is 1. The second kappa shape index (κ2) is 5.49. The smallest absolute Gasteiger partial charge is 0.259 e. The van der Waals surface area contributed by atoms with Crippen LogP contribution in [0, 0.1) is 6.92 Å². The van der Waals surface area contributed by atoms with Crippen LogP contribution in [-0.2, 0) is 6.54 Å². The summed E-state index contributed by atoms with van der Waals surface area (Å²) in [6.45, 7) is 2.28. The Labute approximate surface area is 124 Å². The monoisotopic (exact) mass is 299 g/mol. The Bertz CT molecular complexity index is 866. The highest BCUT2D eigenvalue weighted by Crippen LogP contribution is 2.20. The van der Waals surface area contributed by atoms with Gasteiger partial charge < -0.3 is 10.3 Å². The van der Waals surface area contributed by atoms with Gasteiger partial charge in [-0.15, -0.1) is 11.3 Å². The highest BCUT2D eigenvalue weighted by Gasteiger charge is 2.10. The lowest BCUT2D eigenvalue weighted by molar-refractivity contribution is 0.0950. The summed E-state index contributed by atoms with van der Waals surface area (Å²) in [5, 5.41) is 3.43. The van der Waals surface area contributed by atoms with Crippen molar-refractivity contribution in [2.24, 2.45) is 0 Å².